The third-order valence-corrected chi connectivity index (χ3v) is 8.75. The van der Waals surface area contributed by atoms with Crippen LogP contribution < -0.4 is 5.73 Å². The highest BCUT2D eigenvalue weighted by Gasteiger charge is 2.35. The summed E-state index contributed by atoms with van der Waals surface area (Å²) in [6, 6.07) is 12.4. The van der Waals surface area contributed by atoms with Crippen molar-refractivity contribution in [3.8, 4) is 0 Å². The highest BCUT2D eigenvalue weighted by Crippen LogP contribution is 2.26. The largest absolute Gasteiger partial charge is 0.465 e. The predicted octanol–water partition coefficient (Wildman–Crippen LogP) is 3.67. The van der Waals surface area contributed by atoms with E-state index < -0.39 is 28.3 Å². The van der Waals surface area contributed by atoms with Crippen LogP contribution in [-0.4, -0.2) is 69.1 Å². The maximum atomic E-state index is 13.8. The number of anilines is 1. The van der Waals surface area contributed by atoms with Crippen LogP contribution in [0.5, 0.6) is 0 Å². The average Bonchev–Trinajstić information content (AvgIpc) is 3.53. The van der Waals surface area contributed by atoms with Crippen LogP contribution in [0.2, 0.25) is 0 Å². The monoisotopic (exact) mass is 573 g/mol. The van der Waals surface area contributed by atoms with Gasteiger partial charge in [0.2, 0.25) is 10.0 Å². The van der Waals surface area contributed by atoms with E-state index in [4.69, 9.17) is 10.2 Å². The summed E-state index contributed by atoms with van der Waals surface area (Å²) in [4.78, 5) is 22.2. The van der Waals surface area contributed by atoms with Crippen LogP contribution in [0.4, 0.5) is 10.8 Å². The molecular formula is C26H31N5O6S2. The SMILES string of the molecule is CC(C)CN(C[C@H](O)[C@@H](Cc1ccccc1)N(Cc1cncs1)C(=O)O)S(=O)(=O)c1ccc2nc(N)oc2c1. The average molecular weight is 574 g/mol. The Balaban J connectivity index is 1.67. The Hall–Kier alpha value is -3.52. The molecule has 2 aromatic heterocycles. The van der Waals surface area contributed by atoms with E-state index in [0.29, 0.717) is 10.4 Å². The van der Waals surface area contributed by atoms with Crippen molar-refractivity contribution in [3.63, 3.8) is 0 Å². The number of aliphatic hydroxyl groups excluding tert-OH is 1. The van der Waals surface area contributed by atoms with Crippen molar-refractivity contribution in [2.45, 2.75) is 43.9 Å². The highest BCUT2D eigenvalue weighted by molar-refractivity contribution is 7.89. The van der Waals surface area contributed by atoms with Gasteiger partial charge < -0.3 is 20.4 Å². The zero-order valence-corrected chi connectivity index (χ0v) is 23.2. The number of nitrogen functional groups attached to an aromatic ring is 1. The lowest BCUT2D eigenvalue weighted by atomic mass is 9.99. The number of hydrogen-bond acceptors (Lipinski definition) is 9. The van der Waals surface area contributed by atoms with E-state index in [1.54, 1.807) is 11.7 Å². The molecular weight excluding hydrogens is 542 g/mol. The third kappa shape index (κ3) is 6.92. The van der Waals surface area contributed by atoms with Crippen LogP contribution in [-0.2, 0) is 23.0 Å². The van der Waals surface area contributed by atoms with Gasteiger partial charge >= 0.3 is 6.09 Å². The molecule has 0 aliphatic heterocycles. The van der Waals surface area contributed by atoms with Gasteiger partial charge in [0, 0.05) is 30.2 Å². The van der Waals surface area contributed by atoms with Crippen molar-refractivity contribution in [1.82, 2.24) is 19.2 Å². The summed E-state index contributed by atoms with van der Waals surface area (Å²) in [5.74, 6) is -0.0722. The molecule has 0 fully saturated rings. The van der Waals surface area contributed by atoms with Gasteiger partial charge in [-0.25, -0.2) is 13.2 Å². The summed E-state index contributed by atoms with van der Waals surface area (Å²) >= 11 is 1.30. The van der Waals surface area contributed by atoms with Gasteiger partial charge in [0.25, 0.3) is 6.01 Å². The topological polar surface area (TPSA) is 163 Å². The molecule has 1 amide bonds. The van der Waals surface area contributed by atoms with Crippen molar-refractivity contribution in [2.24, 2.45) is 5.92 Å². The number of thiazole rings is 1. The molecule has 0 radical (unpaired) electrons. The number of aliphatic hydroxyl groups is 1. The number of carboxylic acid groups (broad SMARTS) is 1. The lowest BCUT2D eigenvalue weighted by Gasteiger charge is -2.35. The smallest absolute Gasteiger partial charge is 0.407 e. The van der Waals surface area contributed by atoms with Crippen LogP contribution in [0.15, 0.2) is 69.6 Å². The summed E-state index contributed by atoms with van der Waals surface area (Å²) in [6.45, 7) is 3.53. The summed E-state index contributed by atoms with van der Waals surface area (Å²) < 4.78 is 34.1. The molecule has 0 saturated carbocycles. The summed E-state index contributed by atoms with van der Waals surface area (Å²) in [7, 11) is -4.10. The molecule has 0 saturated heterocycles. The van der Waals surface area contributed by atoms with E-state index in [0.717, 1.165) is 10.5 Å². The second kappa shape index (κ2) is 12.1. The zero-order chi connectivity index (χ0) is 28.2. The Morgan fingerprint density at radius 2 is 1.90 bits per heavy atom. The maximum absolute atomic E-state index is 13.8. The number of fused-ring (bicyclic) bond motifs is 1. The molecule has 208 valence electrons. The Morgan fingerprint density at radius 1 is 1.15 bits per heavy atom. The molecule has 4 aromatic rings. The minimum atomic E-state index is -4.10. The molecule has 4 rings (SSSR count). The van der Waals surface area contributed by atoms with Crippen molar-refractivity contribution >= 4 is 44.6 Å². The summed E-state index contributed by atoms with van der Waals surface area (Å²) in [6.07, 6.45) is -0.803. The molecule has 0 unspecified atom stereocenters. The third-order valence-electron chi connectivity index (χ3n) is 6.16. The predicted molar refractivity (Wildman–Crippen MR) is 148 cm³/mol. The van der Waals surface area contributed by atoms with Crippen molar-refractivity contribution < 1.29 is 27.8 Å². The number of oxazole rings is 1. The van der Waals surface area contributed by atoms with Crippen molar-refractivity contribution in [3.05, 3.63) is 70.7 Å². The molecule has 0 aliphatic carbocycles. The summed E-state index contributed by atoms with van der Waals surface area (Å²) in [5, 5.41) is 21.6. The Kier molecular flexibility index (Phi) is 8.85. The van der Waals surface area contributed by atoms with Gasteiger partial charge in [0.05, 0.1) is 29.1 Å². The molecule has 4 N–H and O–H groups in total. The van der Waals surface area contributed by atoms with E-state index in [1.165, 1.54) is 33.8 Å². The fourth-order valence-corrected chi connectivity index (χ4v) is 6.59. The van der Waals surface area contributed by atoms with Crippen LogP contribution in [0, 0.1) is 5.92 Å². The van der Waals surface area contributed by atoms with Gasteiger partial charge in [-0.1, -0.05) is 44.2 Å². The molecule has 0 bridgehead atoms. The number of aromatic nitrogens is 2. The van der Waals surface area contributed by atoms with Gasteiger partial charge in [-0.15, -0.1) is 11.3 Å². The molecule has 2 aromatic carbocycles. The second-order valence-electron chi connectivity index (χ2n) is 9.60. The molecule has 2 heterocycles. The van der Waals surface area contributed by atoms with E-state index >= 15 is 0 Å². The lowest BCUT2D eigenvalue weighted by Crippen LogP contribution is -2.52. The quantitative estimate of drug-likeness (QED) is 0.229. The van der Waals surface area contributed by atoms with E-state index in [2.05, 4.69) is 9.97 Å². The first-order chi connectivity index (χ1) is 18.5. The molecule has 39 heavy (non-hydrogen) atoms. The standard InChI is InChI=1S/C26H31N5O6S2/c1-17(2)13-30(39(35,36)20-8-9-21-24(11-20)37-25(27)29-21)15-23(32)22(10-18-6-4-3-5-7-18)31(26(33)34)14-19-12-28-16-38-19/h3-9,11-12,16-17,22-23,32H,10,13-15H2,1-2H3,(H2,27,29)(H,33,34)/t22-,23+/m1/s1. The first-order valence-electron chi connectivity index (χ1n) is 12.3. The minimum absolute atomic E-state index is 0.00900. The number of nitrogens with zero attached hydrogens (tertiary/aromatic N) is 4. The lowest BCUT2D eigenvalue weighted by molar-refractivity contribution is 0.0341. The second-order valence-corrected chi connectivity index (χ2v) is 12.5. The maximum Gasteiger partial charge on any atom is 0.407 e. The van der Waals surface area contributed by atoms with E-state index in [-0.39, 0.29) is 48.5 Å². The Labute approximate surface area is 230 Å². The van der Waals surface area contributed by atoms with Crippen LogP contribution in [0.25, 0.3) is 11.1 Å². The normalized spacial score (nSPS) is 13.7. The molecule has 2 atom stereocenters. The van der Waals surface area contributed by atoms with Gasteiger partial charge in [0.15, 0.2) is 5.58 Å². The van der Waals surface area contributed by atoms with Crippen LogP contribution in [0.1, 0.15) is 24.3 Å². The Bertz CT molecular complexity index is 1490. The van der Waals surface area contributed by atoms with Gasteiger partial charge in [0.1, 0.15) is 5.52 Å². The number of sulfonamides is 1. The molecule has 0 spiro atoms. The van der Waals surface area contributed by atoms with Crippen molar-refractivity contribution in [2.75, 3.05) is 18.8 Å². The van der Waals surface area contributed by atoms with Gasteiger partial charge in [-0.2, -0.15) is 9.29 Å². The number of benzene rings is 2. The zero-order valence-electron chi connectivity index (χ0n) is 21.5. The fraction of sp³-hybridized carbons (Fsp3) is 0.346. The minimum Gasteiger partial charge on any atom is -0.465 e. The first-order valence-corrected chi connectivity index (χ1v) is 14.6. The van der Waals surface area contributed by atoms with Crippen LogP contribution in [0.3, 0.4) is 0 Å². The van der Waals surface area contributed by atoms with Crippen molar-refractivity contribution in [1.29, 1.82) is 0 Å². The van der Waals surface area contributed by atoms with Gasteiger partial charge in [-0.3, -0.25) is 9.88 Å². The number of nitrogens with two attached hydrogens (primary N) is 1. The summed E-state index contributed by atoms with van der Waals surface area (Å²) in [5.41, 5.74) is 8.67. The molecule has 11 nitrogen and oxygen atoms in total. The fourth-order valence-electron chi connectivity index (χ4n) is 4.37. The number of carbonyl (C=O) groups is 1. The molecule has 13 heteroatoms. The number of rotatable bonds is 12. The first kappa shape index (κ1) is 28.5. The molecule has 0 aliphatic rings. The number of amides is 1. The Morgan fingerprint density at radius 3 is 2.54 bits per heavy atom. The van der Waals surface area contributed by atoms with Gasteiger partial charge in [-0.05, 0) is 30.0 Å². The highest BCUT2D eigenvalue weighted by atomic mass is 32.2. The number of hydrogen-bond donors (Lipinski definition) is 3. The van der Waals surface area contributed by atoms with E-state index in [9.17, 15) is 23.4 Å². The van der Waals surface area contributed by atoms with Crippen LogP contribution >= 0.6 is 11.3 Å². The van der Waals surface area contributed by atoms with E-state index in [1.807, 2.05) is 44.2 Å².